The molecule has 0 atom stereocenters. The number of aromatic amines is 1. The summed E-state index contributed by atoms with van der Waals surface area (Å²) in [5, 5.41) is 11.6. The van der Waals surface area contributed by atoms with Crippen molar-refractivity contribution >= 4 is 35.6 Å². The third-order valence-electron chi connectivity index (χ3n) is 1.99. The molecule has 1 aliphatic rings. The van der Waals surface area contributed by atoms with Gasteiger partial charge in [-0.1, -0.05) is 12.2 Å². The van der Waals surface area contributed by atoms with Crippen LogP contribution in [0.2, 0.25) is 0 Å². The monoisotopic (exact) mass is 227 g/mol. The minimum Gasteiger partial charge on any atom is -0.480 e. The topological polar surface area (TPSA) is 107 Å². The first kappa shape index (κ1) is 9.71. The molecule has 0 radical (unpaired) electrons. The smallest absolute Gasteiger partial charge is 0.323 e. The van der Waals surface area contributed by atoms with Crippen molar-refractivity contribution in [2.75, 3.05) is 29.2 Å². The van der Waals surface area contributed by atoms with Crippen LogP contribution in [0.3, 0.4) is 0 Å². The van der Waals surface area contributed by atoms with Crippen molar-refractivity contribution in [3.63, 3.8) is 0 Å². The number of nitrogen functional groups attached to an aromatic ring is 1. The summed E-state index contributed by atoms with van der Waals surface area (Å²) < 4.78 is 0.436. The lowest BCUT2D eigenvalue weighted by molar-refractivity contribution is -0.135. The fraction of sp³-hybridized carbons (Fsp3) is 0.286. The van der Waals surface area contributed by atoms with Crippen LogP contribution in [-0.2, 0) is 4.79 Å². The average Bonchev–Trinajstić information content (AvgIpc) is 2.48. The Bertz CT molecular complexity index is 471. The molecule has 1 aromatic rings. The fourth-order valence-corrected chi connectivity index (χ4v) is 1.68. The minimum absolute atomic E-state index is 0.134. The predicted molar refractivity (Wildman–Crippen MR) is 57.3 cm³/mol. The highest BCUT2D eigenvalue weighted by molar-refractivity contribution is 7.71. The first-order chi connectivity index (χ1) is 7.08. The molecule has 80 valence electrons. The van der Waals surface area contributed by atoms with E-state index in [1.165, 1.54) is 0 Å². The highest BCUT2D eigenvalue weighted by Gasteiger charge is 2.23. The standard InChI is InChI=1S/C7H9N5O2S/c8-7-10-5-4(6(15)11-7)9-2-12(5)1-3(13)14/h9H,1-2H2,(H,13,14)(H3,8,10,11,15). The molecule has 5 N–H and O–H groups in total. The maximum atomic E-state index is 10.6. The van der Waals surface area contributed by atoms with Gasteiger partial charge in [0.05, 0.1) is 6.67 Å². The van der Waals surface area contributed by atoms with Crippen LogP contribution >= 0.6 is 12.2 Å². The van der Waals surface area contributed by atoms with Gasteiger partial charge in [-0.05, 0) is 0 Å². The summed E-state index contributed by atoms with van der Waals surface area (Å²) in [4.78, 5) is 18.8. The summed E-state index contributed by atoms with van der Waals surface area (Å²) in [5.41, 5.74) is 6.11. The average molecular weight is 227 g/mol. The lowest BCUT2D eigenvalue weighted by Crippen LogP contribution is -2.29. The van der Waals surface area contributed by atoms with Gasteiger partial charge in [-0.15, -0.1) is 0 Å². The lowest BCUT2D eigenvalue weighted by Gasteiger charge is -2.13. The van der Waals surface area contributed by atoms with E-state index in [0.29, 0.717) is 22.8 Å². The summed E-state index contributed by atoms with van der Waals surface area (Å²) in [5.74, 6) is -0.264. The molecule has 0 bridgehead atoms. The summed E-state index contributed by atoms with van der Waals surface area (Å²) >= 11 is 5.02. The Hall–Kier alpha value is -1.83. The van der Waals surface area contributed by atoms with Crippen molar-refractivity contribution in [1.82, 2.24) is 9.97 Å². The molecule has 0 amide bonds. The second kappa shape index (κ2) is 3.39. The molecule has 0 unspecified atom stereocenters. The van der Waals surface area contributed by atoms with Gasteiger partial charge < -0.3 is 26.0 Å². The van der Waals surface area contributed by atoms with Crippen LogP contribution in [0.5, 0.6) is 0 Å². The van der Waals surface area contributed by atoms with Crippen LogP contribution in [0.4, 0.5) is 17.5 Å². The van der Waals surface area contributed by atoms with E-state index in [4.69, 9.17) is 23.1 Å². The molecule has 0 spiro atoms. The quantitative estimate of drug-likeness (QED) is 0.526. The van der Waals surface area contributed by atoms with E-state index in [1.54, 1.807) is 4.90 Å². The van der Waals surface area contributed by atoms with E-state index in [-0.39, 0.29) is 12.5 Å². The Morgan fingerprint density at radius 1 is 1.73 bits per heavy atom. The number of hydrogen-bond donors (Lipinski definition) is 4. The van der Waals surface area contributed by atoms with Gasteiger partial charge in [0, 0.05) is 0 Å². The number of hydrogen-bond acceptors (Lipinski definition) is 6. The normalized spacial score (nSPS) is 13.5. The Kier molecular flexibility index (Phi) is 2.19. The van der Waals surface area contributed by atoms with E-state index in [1.807, 2.05) is 0 Å². The van der Waals surface area contributed by atoms with Crippen LogP contribution in [0.15, 0.2) is 0 Å². The minimum atomic E-state index is -0.927. The van der Waals surface area contributed by atoms with Crippen LogP contribution < -0.4 is 16.0 Å². The van der Waals surface area contributed by atoms with Crippen molar-refractivity contribution in [3.05, 3.63) is 4.64 Å². The number of carboxylic acids is 1. The van der Waals surface area contributed by atoms with Crippen LogP contribution in [-0.4, -0.2) is 34.3 Å². The second-order valence-electron chi connectivity index (χ2n) is 3.08. The largest absolute Gasteiger partial charge is 0.480 e. The Morgan fingerprint density at radius 2 is 2.47 bits per heavy atom. The fourth-order valence-electron chi connectivity index (χ4n) is 1.41. The summed E-state index contributed by atoms with van der Waals surface area (Å²) in [6.07, 6.45) is 0. The van der Waals surface area contributed by atoms with Gasteiger partial charge in [0.2, 0.25) is 5.95 Å². The molecular weight excluding hydrogens is 218 g/mol. The number of H-pyrrole nitrogens is 1. The number of rotatable bonds is 2. The molecule has 0 saturated carbocycles. The molecule has 7 nitrogen and oxygen atoms in total. The van der Waals surface area contributed by atoms with E-state index in [0.717, 1.165) is 0 Å². The molecular formula is C7H9N5O2S. The molecule has 0 fully saturated rings. The van der Waals surface area contributed by atoms with Gasteiger partial charge in [0.1, 0.15) is 16.9 Å². The molecule has 0 saturated heterocycles. The van der Waals surface area contributed by atoms with Gasteiger partial charge in [-0.2, -0.15) is 4.98 Å². The van der Waals surface area contributed by atoms with Gasteiger partial charge >= 0.3 is 5.97 Å². The molecule has 0 aromatic carbocycles. The summed E-state index contributed by atoms with van der Waals surface area (Å²) in [6.45, 7) is 0.237. The number of nitrogens with one attached hydrogen (secondary N) is 2. The number of aliphatic carboxylic acids is 1. The van der Waals surface area contributed by atoms with Crippen molar-refractivity contribution in [2.45, 2.75) is 0 Å². The van der Waals surface area contributed by atoms with Crippen molar-refractivity contribution < 1.29 is 9.90 Å². The summed E-state index contributed by atoms with van der Waals surface area (Å²) in [6, 6.07) is 0. The van der Waals surface area contributed by atoms with Gasteiger partial charge in [-0.3, -0.25) is 4.79 Å². The Morgan fingerprint density at radius 3 is 3.13 bits per heavy atom. The van der Waals surface area contributed by atoms with Crippen molar-refractivity contribution in [1.29, 1.82) is 0 Å². The molecule has 8 heteroatoms. The molecule has 1 aromatic heterocycles. The number of anilines is 3. The molecule has 15 heavy (non-hydrogen) atoms. The number of aromatic nitrogens is 2. The molecule has 0 aliphatic carbocycles. The predicted octanol–water partition coefficient (Wildman–Crippen LogP) is -0.00461. The SMILES string of the molecule is Nc1nc2c(c(=S)[nH]1)NCN2CC(=O)O. The number of carbonyl (C=O) groups is 1. The third-order valence-corrected chi connectivity index (χ3v) is 2.30. The van der Waals surface area contributed by atoms with E-state index in [2.05, 4.69) is 15.3 Å². The van der Waals surface area contributed by atoms with Crippen LogP contribution in [0, 0.1) is 4.64 Å². The Labute approximate surface area is 89.9 Å². The van der Waals surface area contributed by atoms with Crippen molar-refractivity contribution in [3.8, 4) is 0 Å². The van der Waals surface area contributed by atoms with E-state index >= 15 is 0 Å². The van der Waals surface area contributed by atoms with Crippen LogP contribution in [0.25, 0.3) is 0 Å². The first-order valence-electron chi connectivity index (χ1n) is 4.18. The number of nitrogens with two attached hydrogens (primary N) is 1. The molecule has 2 heterocycles. The zero-order valence-electron chi connectivity index (χ0n) is 7.65. The van der Waals surface area contributed by atoms with Crippen molar-refractivity contribution in [2.24, 2.45) is 0 Å². The van der Waals surface area contributed by atoms with Gasteiger partial charge in [-0.25, -0.2) is 0 Å². The lowest BCUT2D eigenvalue weighted by atomic mass is 10.4. The summed E-state index contributed by atoms with van der Waals surface area (Å²) in [7, 11) is 0. The maximum absolute atomic E-state index is 10.6. The second-order valence-corrected chi connectivity index (χ2v) is 3.48. The molecule has 1 aliphatic heterocycles. The number of nitrogens with zero attached hydrogens (tertiary/aromatic N) is 2. The molecule has 2 rings (SSSR count). The highest BCUT2D eigenvalue weighted by atomic mass is 32.1. The van der Waals surface area contributed by atoms with Gasteiger partial charge in [0.15, 0.2) is 5.82 Å². The van der Waals surface area contributed by atoms with E-state index in [9.17, 15) is 4.79 Å². The van der Waals surface area contributed by atoms with Crippen LogP contribution in [0.1, 0.15) is 0 Å². The number of carboxylic acid groups (broad SMARTS) is 1. The Balaban J connectivity index is 2.41. The number of fused-ring (bicyclic) bond motifs is 1. The zero-order valence-corrected chi connectivity index (χ0v) is 8.47. The van der Waals surface area contributed by atoms with Gasteiger partial charge in [0.25, 0.3) is 0 Å². The third kappa shape index (κ3) is 1.71. The zero-order chi connectivity index (χ0) is 11.0. The first-order valence-corrected chi connectivity index (χ1v) is 4.59. The van der Waals surface area contributed by atoms with E-state index < -0.39 is 5.97 Å². The maximum Gasteiger partial charge on any atom is 0.323 e. The highest BCUT2D eigenvalue weighted by Crippen LogP contribution is 2.29.